The summed E-state index contributed by atoms with van der Waals surface area (Å²) in [6, 6.07) is 12.4. The Hall–Kier alpha value is -1.62. The molecule has 6 heteroatoms. The number of hydrogen-bond acceptors (Lipinski definition) is 4. The lowest BCUT2D eigenvalue weighted by Crippen LogP contribution is -2.24. The summed E-state index contributed by atoms with van der Waals surface area (Å²) in [6.45, 7) is -0.151. The largest absolute Gasteiger partial charge is 0.490 e. The second-order valence-electron chi connectivity index (χ2n) is 4.27. The highest BCUT2D eigenvalue weighted by Crippen LogP contribution is 2.34. The Labute approximate surface area is 132 Å². The van der Waals surface area contributed by atoms with E-state index in [1.807, 2.05) is 24.3 Å². The molecule has 1 heterocycles. The van der Waals surface area contributed by atoms with Crippen molar-refractivity contribution in [3.05, 3.63) is 52.5 Å². The fourth-order valence-electron chi connectivity index (χ4n) is 1.83. The fourth-order valence-corrected chi connectivity index (χ4v) is 2.16. The van der Waals surface area contributed by atoms with Gasteiger partial charge in [0.1, 0.15) is 12.4 Å². The molecule has 0 fully saturated rings. The molecule has 0 aromatic heterocycles. The third-order valence-corrected chi connectivity index (χ3v) is 3.33. The van der Waals surface area contributed by atoms with Crippen LogP contribution in [0.5, 0.6) is 17.2 Å². The van der Waals surface area contributed by atoms with Gasteiger partial charge >= 0.3 is 6.48 Å². The van der Waals surface area contributed by atoms with Crippen molar-refractivity contribution in [3.8, 4) is 17.2 Å². The average molecular weight is 327 g/mol. The van der Waals surface area contributed by atoms with E-state index in [4.69, 9.17) is 42.1 Å². The third kappa shape index (κ3) is 3.53. The first-order chi connectivity index (χ1) is 10.2. The van der Waals surface area contributed by atoms with Crippen molar-refractivity contribution in [2.75, 3.05) is 13.2 Å². The highest BCUT2D eigenvalue weighted by molar-refractivity contribution is 6.34. The normalized spacial score (nSPS) is 13.4. The lowest BCUT2D eigenvalue weighted by Gasteiger charge is -2.12. The Morgan fingerprint density at radius 3 is 2.38 bits per heavy atom. The van der Waals surface area contributed by atoms with Crippen LogP contribution < -0.4 is 14.2 Å². The molecule has 2 aromatic carbocycles. The molecule has 1 aliphatic heterocycles. The molecule has 0 N–H and O–H groups in total. The summed E-state index contributed by atoms with van der Waals surface area (Å²) in [5.74, 6) is 1.85. The molecule has 4 nitrogen and oxygen atoms in total. The van der Waals surface area contributed by atoms with Gasteiger partial charge in [-0.2, -0.15) is 0 Å². The summed E-state index contributed by atoms with van der Waals surface area (Å²) in [4.78, 5) is 0. The summed E-state index contributed by atoms with van der Waals surface area (Å²) in [5, 5.41) is 1.06. The Morgan fingerprint density at radius 2 is 1.67 bits per heavy atom. The fraction of sp³-hybridized carbons (Fsp3) is 0.200. The lowest BCUT2D eigenvalue weighted by atomic mass is 10.3. The molecule has 0 atom stereocenters. The summed E-state index contributed by atoms with van der Waals surface area (Å²) in [5.41, 5.74) is 0. The van der Waals surface area contributed by atoms with Gasteiger partial charge in [0.25, 0.3) is 0 Å². The van der Waals surface area contributed by atoms with Crippen molar-refractivity contribution < 1.29 is 18.9 Å². The number of fused-ring (bicyclic) bond motifs is 1. The minimum atomic E-state index is -0.749. The molecular weight excluding hydrogens is 315 g/mol. The molecule has 21 heavy (non-hydrogen) atoms. The van der Waals surface area contributed by atoms with Crippen LogP contribution >= 0.6 is 23.2 Å². The van der Waals surface area contributed by atoms with Gasteiger partial charge in [0.15, 0.2) is 11.5 Å². The maximum Gasteiger partial charge on any atom is 0.361 e. The molecule has 1 aliphatic rings. The molecule has 0 radical (unpaired) electrons. The maximum atomic E-state index is 5.99. The second kappa shape index (κ2) is 6.43. The quantitative estimate of drug-likeness (QED) is 0.774. The van der Waals surface area contributed by atoms with Crippen LogP contribution in [-0.2, 0) is 4.74 Å². The second-order valence-corrected chi connectivity index (χ2v) is 5.11. The molecule has 0 unspecified atom stereocenters. The van der Waals surface area contributed by atoms with E-state index >= 15 is 0 Å². The number of ether oxygens (including phenoxy) is 4. The summed E-state index contributed by atoms with van der Waals surface area (Å²) in [6.07, 6.45) is 0. The Bertz CT molecular complexity index is 608. The van der Waals surface area contributed by atoms with Crippen LogP contribution in [0.3, 0.4) is 0 Å². The van der Waals surface area contributed by atoms with Gasteiger partial charge in [-0.3, -0.25) is 0 Å². The Kier molecular flexibility index (Phi) is 4.39. The third-order valence-electron chi connectivity index (χ3n) is 2.78. The number of hydrogen-bond donors (Lipinski definition) is 0. The number of para-hydroxylation sites is 2. The van der Waals surface area contributed by atoms with E-state index < -0.39 is 6.48 Å². The van der Waals surface area contributed by atoms with Crippen molar-refractivity contribution in [2.45, 2.75) is 6.48 Å². The Morgan fingerprint density at radius 1 is 0.952 bits per heavy atom. The topological polar surface area (TPSA) is 36.9 Å². The van der Waals surface area contributed by atoms with Crippen LogP contribution in [0.1, 0.15) is 0 Å². The van der Waals surface area contributed by atoms with Gasteiger partial charge in [-0.1, -0.05) is 35.3 Å². The van der Waals surface area contributed by atoms with Gasteiger partial charge in [0.2, 0.25) is 0 Å². The van der Waals surface area contributed by atoms with Gasteiger partial charge in [0.05, 0.1) is 11.6 Å². The molecule has 3 rings (SSSR count). The highest BCUT2D eigenvalue weighted by Gasteiger charge is 2.23. The van der Waals surface area contributed by atoms with Crippen molar-refractivity contribution >= 4 is 23.2 Å². The van der Waals surface area contributed by atoms with Crippen molar-refractivity contribution in [1.29, 1.82) is 0 Å². The molecular formula is C15H12Cl2O4. The van der Waals surface area contributed by atoms with Gasteiger partial charge in [-0.15, -0.1) is 0 Å². The lowest BCUT2D eigenvalue weighted by molar-refractivity contribution is -0.179. The predicted octanol–water partition coefficient (Wildman–Crippen LogP) is 4.14. The highest BCUT2D eigenvalue weighted by atomic mass is 35.5. The van der Waals surface area contributed by atoms with Crippen LogP contribution in [-0.4, -0.2) is 19.7 Å². The zero-order chi connectivity index (χ0) is 14.7. The van der Waals surface area contributed by atoms with Gasteiger partial charge in [-0.05, 0) is 24.3 Å². The first-order valence-corrected chi connectivity index (χ1v) is 7.10. The van der Waals surface area contributed by atoms with E-state index in [0.717, 1.165) is 0 Å². The van der Waals surface area contributed by atoms with E-state index in [1.54, 1.807) is 18.2 Å². The molecule has 0 saturated carbocycles. The average Bonchev–Trinajstić information content (AvgIpc) is 2.89. The molecule has 110 valence electrons. The molecule has 2 aromatic rings. The van der Waals surface area contributed by atoms with Gasteiger partial charge < -0.3 is 18.9 Å². The van der Waals surface area contributed by atoms with Gasteiger partial charge in [0, 0.05) is 11.1 Å². The summed E-state index contributed by atoms with van der Waals surface area (Å²) < 4.78 is 21.8. The van der Waals surface area contributed by atoms with E-state index in [2.05, 4.69) is 0 Å². The van der Waals surface area contributed by atoms with Crippen molar-refractivity contribution in [2.24, 2.45) is 0 Å². The molecule has 0 saturated heterocycles. The SMILES string of the molecule is Clc1ccc(Cl)c(OCCOC2Oc3ccccc3O2)c1. The number of halogens is 2. The smallest absolute Gasteiger partial charge is 0.361 e. The molecule has 0 aliphatic carbocycles. The standard InChI is InChI=1S/C15H12Cl2O4/c16-10-5-6-11(17)14(9-10)18-7-8-19-15-20-12-3-1-2-4-13(12)21-15/h1-6,9,15H,7-8H2. The molecule has 0 spiro atoms. The maximum absolute atomic E-state index is 5.99. The van der Waals surface area contributed by atoms with Crippen LogP contribution in [0.15, 0.2) is 42.5 Å². The van der Waals surface area contributed by atoms with Crippen LogP contribution in [0.4, 0.5) is 0 Å². The summed E-state index contributed by atoms with van der Waals surface area (Å²) in [7, 11) is 0. The minimum absolute atomic E-state index is 0.293. The van der Waals surface area contributed by atoms with Crippen molar-refractivity contribution in [1.82, 2.24) is 0 Å². The molecule has 0 amide bonds. The zero-order valence-electron chi connectivity index (χ0n) is 10.9. The number of rotatable bonds is 5. The van der Waals surface area contributed by atoms with Crippen molar-refractivity contribution in [3.63, 3.8) is 0 Å². The first kappa shape index (κ1) is 14.3. The van der Waals surface area contributed by atoms with Crippen LogP contribution in [0.2, 0.25) is 10.0 Å². The Balaban J connectivity index is 1.45. The van der Waals surface area contributed by atoms with E-state index in [-0.39, 0.29) is 0 Å². The summed E-state index contributed by atoms with van der Waals surface area (Å²) >= 11 is 11.9. The van der Waals surface area contributed by atoms with Crippen LogP contribution in [0.25, 0.3) is 0 Å². The monoisotopic (exact) mass is 326 g/mol. The van der Waals surface area contributed by atoms with E-state index in [1.165, 1.54) is 0 Å². The minimum Gasteiger partial charge on any atom is -0.490 e. The zero-order valence-corrected chi connectivity index (χ0v) is 12.4. The van der Waals surface area contributed by atoms with Gasteiger partial charge in [-0.25, -0.2) is 0 Å². The predicted molar refractivity (Wildman–Crippen MR) is 79.4 cm³/mol. The number of benzene rings is 2. The van der Waals surface area contributed by atoms with Crippen LogP contribution in [0, 0.1) is 0 Å². The van der Waals surface area contributed by atoms with E-state index in [0.29, 0.717) is 40.5 Å². The first-order valence-electron chi connectivity index (χ1n) is 6.34. The van der Waals surface area contributed by atoms with E-state index in [9.17, 15) is 0 Å². The molecule has 0 bridgehead atoms.